The van der Waals surface area contributed by atoms with Gasteiger partial charge >= 0.3 is 0 Å². The molecule has 0 spiro atoms. The molecule has 0 bridgehead atoms. The van der Waals surface area contributed by atoms with Gasteiger partial charge in [0.1, 0.15) is 0 Å². The van der Waals surface area contributed by atoms with Gasteiger partial charge < -0.3 is 11.5 Å². The Morgan fingerprint density at radius 3 is 2.46 bits per heavy atom. The van der Waals surface area contributed by atoms with Crippen LogP contribution in [0, 0.1) is 11.3 Å². The van der Waals surface area contributed by atoms with Gasteiger partial charge in [-0.3, -0.25) is 9.30 Å². The summed E-state index contributed by atoms with van der Waals surface area (Å²) < 4.78 is 1.95. The van der Waals surface area contributed by atoms with Gasteiger partial charge in [-0.2, -0.15) is 5.26 Å². The molecule has 1 fully saturated rings. The summed E-state index contributed by atoms with van der Waals surface area (Å²) in [5, 5.41) is 18.9. The SMILES string of the molecule is N#CCN(CN)Cc1nnc2c3cc(-c4ccccc4)c(-c4ccc(C5(N)CCC5)cc4)nc3ccn12. The van der Waals surface area contributed by atoms with Crippen LogP contribution in [0.2, 0.25) is 0 Å². The first-order chi connectivity index (χ1) is 18.1. The molecule has 0 atom stereocenters. The molecule has 1 aliphatic rings. The van der Waals surface area contributed by atoms with Crippen molar-refractivity contribution in [2.75, 3.05) is 13.2 Å². The second-order valence-corrected chi connectivity index (χ2v) is 9.72. The smallest absolute Gasteiger partial charge is 0.170 e. The summed E-state index contributed by atoms with van der Waals surface area (Å²) in [6.07, 6.45) is 5.19. The third kappa shape index (κ3) is 4.13. The largest absolute Gasteiger partial charge is 0.321 e. The molecule has 4 N–H and O–H groups in total. The van der Waals surface area contributed by atoms with E-state index < -0.39 is 0 Å². The fourth-order valence-electron chi connectivity index (χ4n) is 5.10. The van der Waals surface area contributed by atoms with Crippen LogP contribution in [0.5, 0.6) is 0 Å². The Bertz CT molecular complexity index is 1610. The first kappa shape index (κ1) is 23.3. The highest BCUT2D eigenvalue weighted by atomic mass is 15.3. The minimum atomic E-state index is -0.193. The predicted octanol–water partition coefficient (Wildman–Crippen LogP) is 4.19. The normalized spacial score (nSPS) is 14.6. The standard InChI is InChI=1S/C29H28N8/c30-14-16-36(19-31)18-26-34-35-28-24-17-23(20-5-2-1-3-6-20)27(33-25(24)11-15-37(26)28)21-7-9-22(10-8-21)29(32)12-4-13-29/h1-3,5-11,15,17H,4,12-13,16,18-19,31-32H2. The predicted molar refractivity (Wildman–Crippen MR) is 144 cm³/mol. The quantitative estimate of drug-likeness (QED) is 0.260. The van der Waals surface area contributed by atoms with E-state index in [1.807, 2.05) is 39.8 Å². The highest BCUT2D eigenvalue weighted by Gasteiger charge is 2.34. The van der Waals surface area contributed by atoms with Crippen LogP contribution in [0.4, 0.5) is 0 Å². The number of fused-ring (bicyclic) bond motifs is 3. The Hall–Kier alpha value is -4.16. The third-order valence-electron chi connectivity index (χ3n) is 7.42. The zero-order chi connectivity index (χ0) is 25.4. The third-order valence-corrected chi connectivity index (χ3v) is 7.42. The maximum Gasteiger partial charge on any atom is 0.170 e. The van der Waals surface area contributed by atoms with E-state index in [1.165, 1.54) is 12.0 Å². The van der Waals surface area contributed by atoms with E-state index in [9.17, 15) is 0 Å². The molecule has 2 aromatic carbocycles. The molecule has 0 radical (unpaired) electrons. The lowest BCUT2D eigenvalue weighted by Gasteiger charge is -2.38. The summed E-state index contributed by atoms with van der Waals surface area (Å²) in [6.45, 7) is 0.929. The lowest BCUT2D eigenvalue weighted by molar-refractivity contribution is 0.253. The van der Waals surface area contributed by atoms with Crippen molar-refractivity contribution in [1.29, 1.82) is 5.26 Å². The summed E-state index contributed by atoms with van der Waals surface area (Å²) in [7, 11) is 0. The number of nitrogens with zero attached hydrogens (tertiary/aromatic N) is 6. The van der Waals surface area contributed by atoms with Crippen molar-refractivity contribution in [3.8, 4) is 28.5 Å². The molecule has 8 heteroatoms. The zero-order valence-electron chi connectivity index (χ0n) is 20.5. The molecule has 184 valence electrons. The fraction of sp³-hybridized carbons (Fsp3) is 0.241. The van der Waals surface area contributed by atoms with Gasteiger partial charge in [-0.25, -0.2) is 4.98 Å². The van der Waals surface area contributed by atoms with E-state index in [1.54, 1.807) is 0 Å². The fourth-order valence-corrected chi connectivity index (χ4v) is 5.10. The van der Waals surface area contributed by atoms with E-state index >= 15 is 0 Å². The maximum atomic E-state index is 9.08. The summed E-state index contributed by atoms with van der Waals surface area (Å²) >= 11 is 0. The Balaban J connectivity index is 1.49. The Morgan fingerprint density at radius 2 is 1.78 bits per heavy atom. The Kier molecular flexibility index (Phi) is 5.89. The molecule has 3 aromatic heterocycles. The number of pyridine rings is 2. The van der Waals surface area contributed by atoms with Crippen LogP contribution in [0.15, 0.2) is 72.9 Å². The van der Waals surface area contributed by atoms with Crippen molar-refractivity contribution in [3.05, 3.63) is 84.3 Å². The average molecular weight is 489 g/mol. The van der Waals surface area contributed by atoms with Gasteiger partial charge in [0.15, 0.2) is 11.5 Å². The second kappa shape index (κ2) is 9.37. The van der Waals surface area contributed by atoms with Gasteiger partial charge in [0, 0.05) is 34.9 Å². The molecule has 3 heterocycles. The molecule has 8 nitrogen and oxygen atoms in total. The molecule has 1 aliphatic carbocycles. The van der Waals surface area contributed by atoms with Crippen molar-refractivity contribution in [2.45, 2.75) is 31.3 Å². The first-order valence-electron chi connectivity index (χ1n) is 12.5. The van der Waals surface area contributed by atoms with E-state index in [0.717, 1.165) is 57.6 Å². The van der Waals surface area contributed by atoms with Crippen LogP contribution in [-0.2, 0) is 12.1 Å². The first-order valence-corrected chi connectivity index (χ1v) is 12.5. The summed E-state index contributed by atoms with van der Waals surface area (Å²) in [6, 6.07) is 25.1. The minimum Gasteiger partial charge on any atom is -0.321 e. The molecule has 1 saturated carbocycles. The summed E-state index contributed by atoms with van der Waals surface area (Å²) in [5.41, 5.74) is 19.0. The summed E-state index contributed by atoms with van der Waals surface area (Å²) in [4.78, 5) is 6.94. The number of hydrogen-bond acceptors (Lipinski definition) is 7. The lowest BCUT2D eigenvalue weighted by Crippen LogP contribution is -2.43. The lowest BCUT2D eigenvalue weighted by atomic mass is 9.72. The van der Waals surface area contributed by atoms with E-state index in [4.69, 9.17) is 21.7 Å². The maximum absolute atomic E-state index is 9.08. The Labute approximate surface area is 215 Å². The van der Waals surface area contributed by atoms with Crippen LogP contribution in [0.1, 0.15) is 30.7 Å². The van der Waals surface area contributed by atoms with Crippen LogP contribution >= 0.6 is 0 Å². The highest BCUT2D eigenvalue weighted by molar-refractivity contribution is 5.98. The Morgan fingerprint density at radius 1 is 1.00 bits per heavy atom. The number of hydrogen-bond donors (Lipinski definition) is 2. The van der Waals surface area contributed by atoms with Crippen LogP contribution in [0.3, 0.4) is 0 Å². The van der Waals surface area contributed by atoms with Gasteiger partial charge in [-0.15, -0.1) is 10.2 Å². The van der Waals surface area contributed by atoms with E-state index in [2.05, 4.69) is 58.7 Å². The zero-order valence-corrected chi connectivity index (χ0v) is 20.5. The average Bonchev–Trinajstić information content (AvgIpc) is 3.34. The molecule has 0 amide bonds. The number of nitriles is 1. The van der Waals surface area contributed by atoms with Gasteiger partial charge in [-0.05, 0) is 42.5 Å². The molecule has 0 aliphatic heterocycles. The molecule has 0 unspecified atom stereocenters. The van der Waals surface area contributed by atoms with Crippen molar-refractivity contribution in [2.24, 2.45) is 11.5 Å². The number of rotatable bonds is 7. The molecule has 0 saturated heterocycles. The topological polar surface area (TPSA) is 122 Å². The van der Waals surface area contributed by atoms with E-state index in [0.29, 0.717) is 6.54 Å². The van der Waals surface area contributed by atoms with E-state index in [-0.39, 0.29) is 18.8 Å². The number of aromatic nitrogens is 4. The van der Waals surface area contributed by atoms with Crippen LogP contribution < -0.4 is 11.5 Å². The van der Waals surface area contributed by atoms with Crippen LogP contribution in [0.25, 0.3) is 38.9 Å². The molecule has 37 heavy (non-hydrogen) atoms. The van der Waals surface area contributed by atoms with Gasteiger partial charge in [0.05, 0.1) is 30.4 Å². The molecular weight excluding hydrogens is 460 g/mol. The van der Waals surface area contributed by atoms with Gasteiger partial charge in [0.2, 0.25) is 0 Å². The van der Waals surface area contributed by atoms with Gasteiger partial charge in [-0.1, -0.05) is 54.6 Å². The van der Waals surface area contributed by atoms with Crippen molar-refractivity contribution >= 4 is 16.6 Å². The summed E-state index contributed by atoms with van der Waals surface area (Å²) in [5.74, 6) is 0.727. The number of benzene rings is 2. The second-order valence-electron chi connectivity index (χ2n) is 9.72. The van der Waals surface area contributed by atoms with Crippen molar-refractivity contribution < 1.29 is 0 Å². The van der Waals surface area contributed by atoms with Crippen LogP contribution in [-0.4, -0.2) is 37.7 Å². The number of nitrogens with two attached hydrogens (primary N) is 2. The van der Waals surface area contributed by atoms with Crippen molar-refractivity contribution in [1.82, 2.24) is 24.5 Å². The molecule has 5 aromatic rings. The van der Waals surface area contributed by atoms with Crippen molar-refractivity contribution in [3.63, 3.8) is 0 Å². The highest BCUT2D eigenvalue weighted by Crippen LogP contribution is 2.40. The van der Waals surface area contributed by atoms with Gasteiger partial charge in [0.25, 0.3) is 0 Å². The molecule has 6 rings (SSSR count). The minimum absolute atomic E-state index is 0.193. The monoisotopic (exact) mass is 488 g/mol. The molecular formula is C29H28N8.